The van der Waals surface area contributed by atoms with Gasteiger partial charge in [-0.3, -0.25) is 0 Å². The molecule has 0 saturated carbocycles. The molecule has 0 amide bonds. The number of pyridine rings is 1. The number of nitrogens with zero attached hydrogens (tertiary/aromatic N) is 5. The zero-order valence-corrected chi connectivity index (χ0v) is 16.5. The fourth-order valence-electron chi connectivity index (χ4n) is 2.85. The quantitative estimate of drug-likeness (QED) is 0.812. The lowest BCUT2D eigenvalue weighted by atomic mass is 10.2. The summed E-state index contributed by atoms with van der Waals surface area (Å²) in [6, 6.07) is 5.38. The summed E-state index contributed by atoms with van der Waals surface area (Å²) in [5.41, 5.74) is 0.941. The molecule has 3 heterocycles. The van der Waals surface area contributed by atoms with Gasteiger partial charge in [0.2, 0.25) is 0 Å². The van der Waals surface area contributed by atoms with E-state index in [4.69, 9.17) is 0 Å². The van der Waals surface area contributed by atoms with Gasteiger partial charge in [0.1, 0.15) is 11.6 Å². The van der Waals surface area contributed by atoms with Crippen molar-refractivity contribution in [3.05, 3.63) is 36.4 Å². The molecule has 0 aromatic carbocycles. The zero-order valence-electron chi connectivity index (χ0n) is 15.7. The van der Waals surface area contributed by atoms with Gasteiger partial charge in [0.25, 0.3) is 0 Å². The smallest absolute Gasteiger partial charge is 0.200 e. The van der Waals surface area contributed by atoms with Crippen LogP contribution in [0.15, 0.2) is 35.6 Å². The number of aryl methyl sites for hydroxylation is 1. The van der Waals surface area contributed by atoms with Crippen LogP contribution in [0.5, 0.6) is 0 Å². The third kappa shape index (κ3) is 3.65. The minimum absolute atomic E-state index is 0.129. The van der Waals surface area contributed by atoms with Crippen molar-refractivity contribution in [3.8, 4) is 0 Å². The zero-order chi connectivity index (χ0) is 18.9. The van der Waals surface area contributed by atoms with Crippen molar-refractivity contribution in [2.75, 3.05) is 36.0 Å². The molecule has 0 spiro atoms. The van der Waals surface area contributed by atoms with Crippen LogP contribution in [0.3, 0.4) is 0 Å². The first-order valence-electron chi connectivity index (χ1n) is 8.69. The van der Waals surface area contributed by atoms with E-state index in [1.165, 1.54) is 0 Å². The van der Waals surface area contributed by atoms with Crippen molar-refractivity contribution in [2.24, 2.45) is 0 Å². The standard InChI is InChI=1S/C18H25N5O2S/c1-14-19-8-7-16(21-14)23-11-9-22(10-12-23)15-5-6-17(20-13-15)26(24,25)18(2,3)4/h5-8,13H,9-12H2,1-4H3. The molecule has 140 valence electrons. The van der Waals surface area contributed by atoms with Crippen LogP contribution < -0.4 is 9.80 Å². The predicted molar refractivity (Wildman–Crippen MR) is 102 cm³/mol. The maximum Gasteiger partial charge on any atom is 0.200 e. The van der Waals surface area contributed by atoms with Crippen LogP contribution in [-0.2, 0) is 9.84 Å². The van der Waals surface area contributed by atoms with Crippen molar-refractivity contribution in [1.82, 2.24) is 15.0 Å². The molecule has 1 fully saturated rings. The average molecular weight is 375 g/mol. The lowest BCUT2D eigenvalue weighted by molar-refractivity contribution is 0.556. The van der Waals surface area contributed by atoms with Gasteiger partial charge in [-0.15, -0.1) is 0 Å². The highest BCUT2D eigenvalue weighted by Gasteiger charge is 2.32. The summed E-state index contributed by atoms with van der Waals surface area (Å²) in [4.78, 5) is 17.3. The predicted octanol–water partition coefficient (Wildman–Crippen LogP) is 2.08. The van der Waals surface area contributed by atoms with E-state index >= 15 is 0 Å². The first-order chi connectivity index (χ1) is 12.2. The number of hydrogen-bond donors (Lipinski definition) is 0. The molecule has 2 aromatic heterocycles. The lowest BCUT2D eigenvalue weighted by Crippen LogP contribution is -2.47. The van der Waals surface area contributed by atoms with Crippen LogP contribution in [-0.4, -0.2) is 54.3 Å². The van der Waals surface area contributed by atoms with Gasteiger partial charge in [0, 0.05) is 32.4 Å². The van der Waals surface area contributed by atoms with E-state index in [-0.39, 0.29) is 5.03 Å². The van der Waals surface area contributed by atoms with Gasteiger partial charge in [0.05, 0.1) is 16.6 Å². The Morgan fingerprint density at radius 2 is 1.62 bits per heavy atom. The molecule has 1 aliphatic rings. The van der Waals surface area contributed by atoms with Gasteiger partial charge in [-0.2, -0.15) is 0 Å². The van der Waals surface area contributed by atoms with Crippen molar-refractivity contribution < 1.29 is 8.42 Å². The van der Waals surface area contributed by atoms with E-state index < -0.39 is 14.6 Å². The Bertz CT molecular complexity index is 867. The average Bonchev–Trinajstić information content (AvgIpc) is 2.61. The fourth-order valence-corrected chi connectivity index (χ4v) is 3.91. The molecule has 1 saturated heterocycles. The maximum atomic E-state index is 12.5. The van der Waals surface area contributed by atoms with E-state index in [1.807, 2.05) is 19.1 Å². The van der Waals surface area contributed by atoms with Gasteiger partial charge in [-0.05, 0) is 45.9 Å². The second kappa shape index (κ2) is 6.83. The molecule has 1 aliphatic heterocycles. The Hall–Kier alpha value is -2.22. The first kappa shape index (κ1) is 18.6. The van der Waals surface area contributed by atoms with E-state index in [2.05, 4.69) is 24.8 Å². The highest BCUT2D eigenvalue weighted by Crippen LogP contribution is 2.25. The molecule has 26 heavy (non-hydrogen) atoms. The van der Waals surface area contributed by atoms with Gasteiger partial charge in [0.15, 0.2) is 14.9 Å². The SMILES string of the molecule is Cc1nccc(N2CCN(c3ccc(S(=O)(=O)C(C)(C)C)nc3)CC2)n1. The highest BCUT2D eigenvalue weighted by molar-refractivity contribution is 7.92. The number of sulfone groups is 1. The lowest BCUT2D eigenvalue weighted by Gasteiger charge is -2.36. The van der Waals surface area contributed by atoms with Gasteiger partial charge >= 0.3 is 0 Å². The van der Waals surface area contributed by atoms with Gasteiger partial charge in [-0.25, -0.2) is 23.4 Å². The molecular weight excluding hydrogens is 350 g/mol. The second-order valence-electron chi connectivity index (χ2n) is 7.41. The molecule has 0 radical (unpaired) electrons. The number of hydrogen-bond acceptors (Lipinski definition) is 7. The van der Waals surface area contributed by atoms with Crippen LogP contribution in [0.2, 0.25) is 0 Å². The molecule has 7 nitrogen and oxygen atoms in total. The number of rotatable bonds is 3. The molecule has 0 N–H and O–H groups in total. The van der Waals surface area contributed by atoms with E-state index in [0.29, 0.717) is 0 Å². The topological polar surface area (TPSA) is 79.3 Å². The molecule has 3 rings (SSSR count). The van der Waals surface area contributed by atoms with Crippen molar-refractivity contribution in [1.29, 1.82) is 0 Å². The Kier molecular flexibility index (Phi) is 4.88. The normalized spacial score (nSPS) is 16.0. The Morgan fingerprint density at radius 3 is 2.15 bits per heavy atom. The molecule has 0 bridgehead atoms. The molecule has 0 unspecified atom stereocenters. The minimum Gasteiger partial charge on any atom is -0.367 e. The van der Waals surface area contributed by atoms with Crippen LogP contribution in [0, 0.1) is 6.92 Å². The van der Waals surface area contributed by atoms with Crippen LogP contribution >= 0.6 is 0 Å². The number of anilines is 2. The molecule has 0 aliphatic carbocycles. The van der Waals surface area contributed by atoms with Gasteiger partial charge in [-0.1, -0.05) is 0 Å². The molecule has 8 heteroatoms. The Morgan fingerprint density at radius 1 is 0.962 bits per heavy atom. The van der Waals surface area contributed by atoms with Crippen LogP contribution in [0.4, 0.5) is 11.5 Å². The summed E-state index contributed by atoms with van der Waals surface area (Å²) in [5, 5.41) is 0.129. The maximum absolute atomic E-state index is 12.5. The summed E-state index contributed by atoms with van der Waals surface area (Å²) < 4.78 is 24.1. The highest BCUT2D eigenvalue weighted by atomic mass is 32.2. The Labute approximate surface area is 155 Å². The number of piperazine rings is 1. The summed E-state index contributed by atoms with van der Waals surface area (Å²) in [6.45, 7) is 10.3. The van der Waals surface area contributed by atoms with E-state index in [1.54, 1.807) is 39.2 Å². The van der Waals surface area contributed by atoms with Crippen molar-refractivity contribution in [2.45, 2.75) is 37.5 Å². The second-order valence-corrected chi connectivity index (χ2v) is 10.1. The largest absolute Gasteiger partial charge is 0.367 e. The summed E-state index contributed by atoms with van der Waals surface area (Å²) in [7, 11) is -3.42. The molecule has 0 atom stereocenters. The fraction of sp³-hybridized carbons (Fsp3) is 0.500. The third-order valence-electron chi connectivity index (χ3n) is 4.53. The van der Waals surface area contributed by atoms with E-state index in [0.717, 1.165) is 43.5 Å². The minimum atomic E-state index is -3.42. The molecular formula is C18H25N5O2S. The van der Waals surface area contributed by atoms with Crippen molar-refractivity contribution in [3.63, 3.8) is 0 Å². The van der Waals surface area contributed by atoms with E-state index in [9.17, 15) is 8.42 Å². The Balaban J connectivity index is 1.69. The molecule has 2 aromatic rings. The summed E-state index contributed by atoms with van der Waals surface area (Å²) in [5.74, 6) is 1.71. The van der Waals surface area contributed by atoms with Gasteiger partial charge < -0.3 is 9.80 Å². The van der Waals surface area contributed by atoms with Crippen molar-refractivity contribution >= 4 is 21.3 Å². The summed E-state index contributed by atoms with van der Waals surface area (Å²) in [6.07, 6.45) is 3.44. The van der Waals surface area contributed by atoms with Crippen LogP contribution in [0.25, 0.3) is 0 Å². The van der Waals surface area contributed by atoms with Crippen LogP contribution in [0.1, 0.15) is 26.6 Å². The number of aromatic nitrogens is 3. The third-order valence-corrected chi connectivity index (χ3v) is 6.94. The summed E-state index contributed by atoms with van der Waals surface area (Å²) >= 11 is 0. The monoisotopic (exact) mass is 375 g/mol. The first-order valence-corrected chi connectivity index (χ1v) is 10.2.